The van der Waals surface area contributed by atoms with E-state index < -0.39 is 23.1 Å². The van der Waals surface area contributed by atoms with E-state index in [-0.39, 0.29) is 12.4 Å². The number of hydrogen-bond acceptors (Lipinski definition) is 4. The third-order valence-corrected chi connectivity index (χ3v) is 4.74. The smallest absolute Gasteiger partial charge is 0.330 e. The van der Waals surface area contributed by atoms with E-state index in [1.165, 1.54) is 28.9 Å². The quantitative estimate of drug-likeness (QED) is 0.261. The molecule has 0 amide bonds. The van der Waals surface area contributed by atoms with Gasteiger partial charge in [-0.05, 0) is 69.9 Å². The van der Waals surface area contributed by atoms with Gasteiger partial charge in [0.05, 0.1) is 17.2 Å². The number of nitrogens with zero attached hydrogens (tertiary/aromatic N) is 3. The normalized spacial score (nSPS) is 12.1. The van der Waals surface area contributed by atoms with Crippen molar-refractivity contribution >= 4 is 23.3 Å². The second kappa shape index (κ2) is 8.89. The molecule has 0 radical (unpaired) electrons. The summed E-state index contributed by atoms with van der Waals surface area (Å²) in [4.78, 5) is 12.0. The zero-order valence-electron chi connectivity index (χ0n) is 17.7. The van der Waals surface area contributed by atoms with Crippen molar-refractivity contribution in [2.45, 2.75) is 33.2 Å². The average molecular weight is 444 g/mol. The highest BCUT2D eigenvalue weighted by atomic mass is 35.5. The van der Waals surface area contributed by atoms with Gasteiger partial charge in [0, 0.05) is 11.2 Å². The highest BCUT2D eigenvalue weighted by molar-refractivity contribution is 6.33. The van der Waals surface area contributed by atoms with E-state index in [9.17, 15) is 14.3 Å². The molecule has 0 unspecified atom stereocenters. The summed E-state index contributed by atoms with van der Waals surface area (Å²) in [5, 5.41) is 18.4. The van der Waals surface area contributed by atoms with Crippen LogP contribution in [0.25, 0.3) is 22.8 Å². The van der Waals surface area contributed by atoms with Crippen LogP contribution < -0.4 is 9.67 Å². The predicted molar refractivity (Wildman–Crippen MR) is 114 cm³/mol. The summed E-state index contributed by atoms with van der Waals surface area (Å²) < 4.78 is 21.6. The number of halogens is 2. The Morgan fingerprint density at radius 3 is 2.45 bits per heavy atom. The van der Waals surface area contributed by atoms with E-state index in [2.05, 4.69) is 0 Å². The summed E-state index contributed by atoms with van der Waals surface area (Å²) in [5.41, 5.74) is 0.462. The minimum absolute atomic E-state index is 0.113. The number of carbonyl (C=O) groups excluding carboxylic acids is 1. The molecule has 0 spiro atoms. The average Bonchev–Trinajstić information content (AvgIpc) is 3.10. The molecule has 2 aromatic carbocycles. The zero-order valence-corrected chi connectivity index (χ0v) is 18.5. The number of aromatic nitrogens is 3. The first-order valence-electron chi connectivity index (χ1n) is 9.75. The molecule has 0 saturated carbocycles. The van der Waals surface area contributed by atoms with Gasteiger partial charge in [-0.15, -0.1) is 4.68 Å². The first-order chi connectivity index (χ1) is 14.6. The summed E-state index contributed by atoms with van der Waals surface area (Å²) in [6, 6.07) is 12.7. The van der Waals surface area contributed by atoms with Gasteiger partial charge >= 0.3 is 11.8 Å². The summed E-state index contributed by atoms with van der Waals surface area (Å²) >= 11 is 6.43. The number of rotatable bonds is 5. The summed E-state index contributed by atoms with van der Waals surface area (Å²) in [6.45, 7) is 7.44. The van der Waals surface area contributed by atoms with Crippen LogP contribution in [0.3, 0.4) is 0 Å². The highest BCUT2D eigenvalue weighted by Crippen LogP contribution is 2.28. The lowest BCUT2D eigenvalue weighted by Crippen LogP contribution is -2.40. The van der Waals surface area contributed by atoms with Crippen LogP contribution in [0.2, 0.25) is 5.02 Å². The second-order valence-corrected chi connectivity index (χ2v) is 8.19. The lowest BCUT2D eigenvalue weighted by atomic mass is 10.1. The first-order valence-corrected chi connectivity index (χ1v) is 10.1. The van der Waals surface area contributed by atoms with Crippen LogP contribution in [0, 0.1) is 5.82 Å². The maximum Gasteiger partial charge on any atom is 0.330 e. The number of esters is 1. The van der Waals surface area contributed by atoms with Gasteiger partial charge in [-0.25, -0.2) is 9.18 Å². The molecular weight excluding hydrogens is 421 g/mol. The van der Waals surface area contributed by atoms with Gasteiger partial charge < -0.3 is 9.84 Å². The van der Waals surface area contributed by atoms with Gasteiger partial charge in [0.2, 0.25) is 0 Å². The highest BCUT2D eigenvalue weighted by Gasteiger charge is 2.35. The van der Waals surface area contributed by atoms with E-state index in [0.29, 0.717) is 22.1 Å². The van der Waals surface area contributed by atoms with E-state index >= 15 is 0 Å². The van der Waals surface area contributed by atoms with Crippen molar-refractivity contribution in [3.63, 3.8) is 0 Å². The van der Waals surface area contributed by atoms with Gasteiger partial charge in [0.15, 0.2) is 0 Å². The fourth-order valence-corrected chi connectivity index (χ4v) is 3.29. The molecule has 1 heterocycles. The van der Waals surface area contributed by atoms with Gasteiger partial charge in [-0.3, -0.25) is 0 Å². The molecular formula is C23H23ClFN3O3. The molecule has 0 atom stereocenters. The molecule has 1 aromatic heterocycles. The van der Waals surface area contributed by atoms with Crippen LogP contribution >= 0.6 is 11.6 Å². The Balaban J connectivity index is 2.40. The van der Waals surface area contributed by atoms with Gasteiger partial charge in [0.25, 0.3) is 5.82 Å². The van der Waals surface area contributed by atoms with Crippen molar-refractivity contribution in [1.82, 2.24) is 9.78 Å². The van der Waals surface area contributed by atoms with Crippen molar-refractivity contribution in [2.75, 3.05) is 6.61 Å². The molecule has 0 saturated heterocycles. The van der Waals surface area contributed by atoms with Crippen molar-refractivity contribution in [1.29, 1.82) is 0 Å². The molecule has 0 bridgehead atoms. The molecule has 162 valence electrons. The SMILES string of the molecule is CCOC(=O)/C=C(\[O-])c1n(C(C)(C)C)nc(-c2ccccc2Cl)[n+]1-c1ccc(F)cc1. The standard InChI is InChI=1S/C23H23ClFN3O3/c1-5-31-20(30)14-19(29)22-27(16-12-10-15(25)11-13-16)21(26-28(22)23(2,3)4)17-8-6-7-9-18(17)24/h6-14H,5H2,1-4H3. The minimum atomic E-state index is -0.751. The molecule has 0 aliphatic rings. The van der Waals surface area contributed by atoms with Crippen LogP contribution in [0.4, 0.5) is 4.39 Å². The number of carbonyl (C=O) groups is 1. The van der Waals surface area contributed by atoms with Crippen LogP contribution in [0.5, 0.6) is 0 Å². The van der Waals surface area contributed by atoms with Crippen LogP contribution in [0.1, 0.15) is 33.5 Å². The fourth-order valence-electron chi connectivity index (χ4n) is 3.07. The summed E-state index contributed by atoms with van der Waals surface area (Å²) in [6.07, 6.45) is 0.888. The van der Waals surface area contributed by atoms with Crippen LogP contribution in [-0.2, 0) is 15.1 Å². The first kappa shape index (κ1) is 22.5. The maximum absolute atomic E-state index is 13.6. The Bertz CT molecular complexity index is 1130. The van der Waals surface area contributed by atoms with E-state index in [0.717, 1.165) is 6.08 Å². The molecule has 0 N–H and O–H groups in total. The number of hydrogen-bond donors (Lipinski definition) is 0. The van der Waals surface area contributed by atoms with Crippen molar-refractivity contribution < 1.29 is 23.6 Å². The molecule has 0 aliphatic carbocycles. The number of benzene rings is 2. The molecule has 0 aliphatic heterocycles. The third kappa shape index (κ3) is 4.77. The van der Waals surface area contributed by atoms with E-state index in [1.807, 2.05) is 20.8 Å². The number of ether oxygens (including phenoxy) is 1. The molecule has 31 heavy (non-hydrogen) atoms. The maximum atomic E-state index is 13.6. The van der Waals surface area contributed by atoms with Crippen molar-refractivity contribution in [3.05, 3.63) is 71.3 Å². The van der Waals surface area contributed by atoms with Gasteiger partial charge in [-0.1, -0.05) is 23.7 Å². The monoisotopic (exact) mass is 443 g/mol. The Hall–Kier alpha value is -3.19. The van der Waals surface area contributed by atoms with Gasteiger partial charge in [-0.2, -0.15) is 4.57 Å². The molecule has 3 rings (SSSR count). The zero-order chi connectivity index (χ0) is 22.8. The van der Waals surface area contributed by atoms with Crippen LogP contribution in [0.15, 0.2) is 54.6 Å². The summed E-state index contributed by atoms with van der Waals surface area (Å²) in [5.74, 6) is -1.27. The lowest BCUT2D eigenvalue weighted by Gasteiger charge is -2.18. The van der Waals surface area contributed by atoms with Crippen molar-refractivity contribution in [3.8, 4) is 17.1 Å². The summed E-state index contributed by atoms with van der Waals surface area (Å²) in [7, 11) is 0. The largest absolute Gasteiger partial charge is 0.868 e. The third-order valence-electron chi connectivity index (χ3n) is 4.41. The van der Waals surface area contributed by atoms with Crippen LogP contribution in [-0.4, -0.2) is 22.4 Å². The second-order valence-electron chi connectivity index (χ2n) is 7.78. The van der Waals surface area contributed by atoms with E-state index in [4.69, 9.17) is 21.4 Å². The fraction of sp³-hybridized carbons (Fsp3) is 0.261. The Kier molecular flexibility index (Phi) is 6.45. The Labute approximate surface area is 185 Å². The lowest BCUT2D eigenvalue weighted by molar-refractivity contribution is -0.592. The molecule has 6 nitrogen and oxygen atoms in total. The predicted octanol–water partition coefficient (Wildman–Crippen LogP) is 3.64. The minimum Gasteiger partial charge on any atom is -0.868 e. The Morgan fingerprint density at radius 2 is 1.87 bits per heavy atom. The van der Waals surface area contributed by atoms with Gasteiger partial charge in [0.1, 0.15) is 17.0 Å². The molecule has 8 heteroatoms. The topological polar surface area (TPSA) is 71.1 Å². The van der Waals surface area contributed by atoms with E-state index in [1.54, 1.807) is 35.8 Å². The Morgan fingerprint density at radius 1 is 1.23 bits per heavy atom. The molecule has 3 aromatic rings. The van der Waals surface area contributed by atoms with Crippen molar-refractivity contribution in [2.24, 2.45) is 0 Å². The molecule has 0 fully saturated rings.